The minimum Gasteiger partial charge on any atom is -0.481 e. The number of hydrogen-bond donors (Lipinski definition) is 0. The third kappa shape index (κ3) is 3.16. The lowest BCUT2D eigenvalue weighted by atomic mass is 9.96. The van der Waals surface area contributed by atoms with Crippen molar-refractivity contribution >= 4 is 6.29 Å². The summed E-state index contributed by atoms with van der Waals surface area (Å²) in [5, 5.41) is 0. The molecule has 3 heteroatoms. The summed E-state index contributed by atoms with van der Waals surface area (Å²) in [6.45, 7) is 6.40. The normalized spacial score (nSPS) is 21.8. The molecule has 3 nitrogen and oxygen atoms in total. The summed E-state index contributed by atoms with van der Waals surface area (Å²) in [7, 11) is 0. The van der Waals surface area contributed by atoms with Crippen LogP contribution in [-0.4, -0.2) is 36.4 Å². The molecule has 0 saturated heterocycles. The zero-order valence-electron chi connectivity index (χ0n) is 11.8. The van der Waals surface area contributed by atoms with Gasteiger partial charge in [-0.3, -0.25) is 9.69 Å². The summed E-state index contributed by atoms with van der Waals surface area (Å²) in [5.41, 5.74) is 1.21. The van der Waals surface area contributed by atoms with Gasteiger partial charge in [-0.1, -0.05) is 32.0 Å². The molecule has 2 rings (SSSR count). The van der Waals surface area contributed by atoms with Gasteiger partial charge in [0.25, 0.3) is 0 Å². The van der Waals surface area contributed by atoms with Gasteiger partial charge in [-0.2, -0.15) is 0 Å². The van der Waals surface area contributed by atoms with Gasteiger partial charge in [0, 0.05) is 0 Å². The topological polar surface area (TPSA) is 29.5 Å². The Labute approximate surface area is 115 Å². The molecule has 0 N–H and O–H groups in total. The van der Waals surface area contributed by atoms with E-state index in [0.29, 0.717) is 0 Å². The van der Waals surface area contributed by atoms with E-state index in [4.69, 9.17) is 4.74 Å². The van der Waals surface area contributed by atoms with E-state index in [9.17, 15) is 4.79 Å². The van der Waals surface area contributed by atoms with Crippen molar-refractivity contribution in [3.05, 3.63) is 29.8 Å². The minimum absolute atomic E-state index is 0.173. The van der Waals surface area contributed by atoms with Crippen LogP contribution in [0.25, 0.3) is 0 Å². The Hall–Kier alpha value is -1.35. The number of rotatable bonds is 6. The van der Waals surface area contributed by atoms with Crippen molar-refractivity contribution in [1.82, 2.24) is 4.90 Å². The molecule has 19 heavy (non-hydrogen) atoms. The highest BCUT2D eigenvalue weighted by atomic mass is 16.5. The molecule has 2 unspecified atom stereocenters. The van der Waals surface area contributed by atoms with Crippen LogP contribution in [0.5, 0.6) is 5.75 Å². The summed E-state index contributed by atoms with van der Waals surface area (Å²) < 4.78 is 5.86. The van der Waals surface area contributed by atoms with Crippen LogP contribution in [0.3, 0.4) is 0 Å². The van der Waals surface area contributed by atoms with Crippen LogP contribution >= 0.6 is 0 Å². The van der Waals surface area contributed by atoms with Crippen LogP contribution < -0.4 is 4.74 Å². The number of aldehydes is 1. The molecule has 0 radical (unpaired) electrons. The lowest BCUT2D eigenvalue weighted by Gasteiger charge is -2.38. The Morgan fingerprint density at radius 2 is 1.95 bits per heavy atom. The van der Waals surface area contributed by atoms with Gasteiger partial charge in [0.05, 0.1) is 6.04 Å². The van der Waals surface area contributed by atoms with Crippen molar-refractivity contribution in [2.24, 2.45) is 0 Å². The molecule has 0 bridgehead atoms. The van der Waals surface area contributed by atoms with Crippen molar-refractivity contribution in [3.63, 3.8) is 0 Å². The molecule has 0 aromatic heterocycles. The Bertz CT molecular complexity index is 413. The van der Waals surface area contributed by atoms with E-state index < -0.39 is 0 Å². The van der Waals surface area contributed by atoms with Crippen LogP contribution in [0, 0.1) is 0 Å². The van der Waals surface area contributed by atoms with E-state index in [-0.39, 0.29) is 12.1 Å². The van der Waals surface area contributed by atoms with E-state index in [0.717, 1.165) is 44.4 Å². The van der Waals surface area contributed by atoms with Gasteiger partial charge in [-0.05, 0) is 44.0 Å². The molecule has 2 atom stereocenters. The number of benzene rings is 1. The van der Waals surface area contributed by atoms with Gasteiger partial charge in [0.1, 0.15) is 5.75 Å². The largest absolute Gasteiger partial charge is 0.481 e. The van der Waals surface area contributed by atoms with Crippen LogP contribution in [0.2, 0.25) is 0 Å². The van der Waals surface area contributed by atoms with Crippen LogP contribution in [-0.2, 0) is 11.2 Å². The number of ether oxygens (including phenoxy) is 1. The summed E-state index contributed by atoms with van der Waals surface area (Å²) in [6, 6.07) is 8.21. The van der Waals surface area contributed by atoms with Gasteiger partial charge in [-0.25, -0.2) is 0 Å². The van der Waals surface area contributed by atoms with Crippen molar-refractivity contribution < 1.29 is 9.53 Å². The highest BCUT2D eigenvalue weighted by molar-refractivity contribution is 5.60. The zero-order valence-corrected chi connectivity index (χ0v) is 11.8. The van der Waals surface area contributed by atoms with Crippen molar-refractivity contribution in [2.75, 3.05) is 13.1 Å². The van der Waals surface area contributed by atoms with E-state index in [1.807, 2.05) is 18.2 Å². The average molecular weight is 261 g/mol. The lowest BCUT2D eigenvalue weighted by Crippen LogP contribution is -2.51. The maximum Gasteiger partial charge on any atom is 0.169 e. The van der Waals surface area contributed by atoms with Gasteiger partial charge in [0.15, 0.2) is 12.4 Å². The van der Waals surface area contributed by atoms with Crippen molar-refractivity contribution in [2.45, 2.75) is 45.3 Å². The summed E-state index contributed by atoms with van der Waals surface area (Å²) in [5.74, 6) is 0.865. The maximum absolute atomic E-state index is 11.3. The molecule has 1 aromatic rings. The molecular formula is C16H23NO2. The molecular weight excluding hydrogens is 238 g/mol. The Kier molecular flexibility index (Phi) is 4.97. The highest BCUT2D eigenvalue weighted by Crippen LogP contribution is 2.29. The summed E-state index contributed by atoms with van der Waals surface area (Å²) in [4.78, 5) is 13.7. The lowest BCUT2D eigenvalue weighted by molar-refractivity contribution is -0.117. The predicted octanol–water partition coefficient (Wildman–Crippen LogP) is 2.68. The standard InChI is InChI=1S/C16H23NO2/c1-3-9-17(10-4-2)14-11-13-7-5-6-8-15(13)19-16(14)12-18/h5-8,12,14,16H,3-4,9-11H2,1-2H3. The number of carbonyl (C=O) groups excluding carboxylic acids is 1. The molecule has 0 spiro atoms. The number of hydrogen-bond acceptors (Lipinski definition) is 3. The second kappa shape index (κ2) is 6.71. The van der Waals surface area contributed by atoms with Gasteiger partial charge in [0.2, 0.25) is 0 Å². The van der Waals surface area contributed by atoms with Crippen molar-refractivity contribution in [3.8, 4) is 5.75 Å². The smallest absolute Gasteiger partial charge is 0.169 e. The molecule has 104 valence electrons. The Morgan fingerprint density at radius 3 is 2.58 bits per heavy atom. The molecule has 1 aliphatic rings. The molecule has 1 aliphatic heterocycles. The second-order valence-corrected chi connectivity index (χ2v) is 5.13. The van der Waals surface area contributed by atoms with Gasteiger partial charge < -0.3 is 4.74 Å². The second-order valence-electron chi connectivity index (χ2n) is 5.13. The van der Waals surface area contributed by atoms with E-state index in [1.165, 1.54) is 5.56 Å². The number of carbonyl (C=O) groups is 1. The monoisotopic (exact) mass is 261 g/mol. The molecule has 0 aliphatic carbocycles. The third-order valence-corrected chi connectivity index (χ3v) is 3.67. The fraction of sp³-hybridized carbons (Fsp3) is 0.562. The van der Waals surface area contributed by atoms with Gasteiger partial charge in [-0.15, -0.1) is 0 Å². The zero-order chi connectivity index (χ0) is 13.7. The van der Waals surface area contributed by atoms with E-state index >= 15 is 0 Å². The molecule has 1 aromatic carbocycles. The average Bonchev–Trinajstić information content (AvgIpc) is 2.45. The number of fused-ring (bicyclic) bond motifs is 1. The minimum atomic E-state index is -0.340. The fourth-order valence-corrected chi connectivity index (χ4v) is 2.83. The van der Waals surface area contributed by atoms with E-state index in [1.54, 1.807) is 0 Å². The number of para-hydroxylation sites is 1. The quantitative estimate of drug-likeness (QED) is 0.737. The fourth-order valence-electron chi connectivity index (χ4n) is 2.83. The molecule has 0 saturated carbocycles. The first-order chi connectivity index (χ1) is 9.30. The first kappa shape index (κ1) is 14.1. The first-order valence-corrected chi connectivity index (χ1v) is 7.24. The Morgan fingerprint density at radius 1 is 1.26 bits per heavy atom. The summed E-state index contributed by atoms with van der Waals surface area (Å²) >= 11 is 0. The molecule has 1 heterocycles. The van der Waals surface area contributed by atoms with Crippen molar-refractivity contribution in [1.29, 1.82) is 0 Å². The maximum atomic E-state index is 11.3. The SMILES string of the molecule is CCCN(CCC)C1Cc2ccccc2OC1C=O. The first-order valence-electron chi connectivity index (χ1n) is 7.24. The molecule has 0 fully saturated rings. The number of nitrogens with zero attached hydrogens (tertiary/aromatic N) is 1. The predicted molar refractivity (Wildman–Crippen MR) is 76.6 cm³/mol. The van der Waals surface area contributed by atoms with Crippen LogP contribution in [0.15, 0.2) is 24.3 Å². The van der Waals surface area contributed by atoms with Gasteiger partial charge >= 0.3 is 0 Å². The van der Waals surface area contributed by atoms with Crippen LogP contribution in [0.1, 0.15) is 32.3 Å². The summed E-state index contributed by atoms with van der Waals surface area (Å²) in [6.07, 6.45) is 3.72. The Balaban J connectivity index is 2.21. The van der Waals surface area contributed by atoms with Crippen LogP contribution in [0.4, 0.5) is 0 Å². The van der Waals surface area contributed by atoms with E-state index in [2.05, 4.69) is 24.8 Å². The molecule has 0 amide bonds. The third-order valence-electron chi connectivity index (χ3n) is 3.67. The highest BCUT2D eigenvalue weighted by Gasteiger charge is 2.33.